The Morgan fingerprint density at radius 3 is 2.74 bits per heavy atom. The number of methoxy groups -OCH3 is 1. The van der Waals surface area contributed by atoms with Gasteiger partial charge in [0, 0.05) is 15.7 Å². The van der Waals surface area contributed by atoms with Gasteiger partial charge < -0.3 is 4.74 Å². The third kappa shape index (κ3) is 2.71. The van der Waals surface area contributed by atoms with E-state index < -0.39 is 0 Å². The Labute approximate surface area is 120 Å². The average molecular weight is 323 g/mol. The van der Waals surface area contributed by atoms with E-state index in [1.807, 2.05) is 36.7 Å². The first kappa shape index (κ1) is 13.8. The molecule has 0 saturated carbocycles. The van der Waals surface area contributed by atoms with Crippen molar-refractivity contribution in [1.29, 1.82) is 0 Å². The van der Waals surface area contributed by atoms with Gasteiger partial charge in [0.1, 0.15) is 5.75 Å². The zero-order valence-corrected chi connectivity index (χ0v) is 12.7. The molecule has 0 aliphatic carbocycles. The minimum absolute atomic E-state index is 0.573. The van der Waals surface area contributed by atoms with Crippen LogP contribution >= 0.6 is 15.9 Å². The summed E-state index contributed by atoms with van der Waals surface area (Å²) in [6.07, 6.45) is 0.853. The number of benzene rings is 1. The van der Waals surface area contributed by atoms with Gasteiger partial charge in [0.05, 0.1) is 24.9 Å². The van der Waals surface area contributed by atoms with Crippen LogP contribution < -0.4 is 4.74 Å². The second-order valence-electron chi connectivity index (χ2n) is 4.32. The van der Waals surface area contributed by atoms with E-state index >= 15 is 0 Å². The molecule has 0 aliphatic heterocycles. The van der Waals surface area contributed by atoms with E-state index in [1.165, 1.54) is 0 Å². The van der Waals surface area contributed by atoms with Gasteiger partial charge in [-0.25, -0.2) is 0 Å². The Morgan fingerprint density at radius 2 is 2.16 bits per heavy atom. The number of carbonyl (C=O) groups is 1. The largest absolute Gasteiger partial charge is 0.496 e. The van der Waals surface area contributed by atoms with E-state index in [0.717, 1.165) is 33.5 Å². The standard InChI is InChI=1S/C14H15BrN2O2/c1-9-13(8-18)10(2)17(16-9)7-11-6-12(15)4-5-14(11)19-3/h4-6,8H,7H2,1-3H3. The summed E-state index contributed by atoms with van der Waals surface area (Å²) in [4.78, 5) is 11.0. The molecule has 1 aromatic carbocycles. The molecule has 1 aromatic heterocycles. The van der Waals surface area contributed by atoms with Crippen LogP contribution in [0.25, 0.3) is 0 Å². The summed E-state index contributed by atoms with van der Waals surface area (Å²) < 4.78 is 8.15. The number of halogens is 1. The fourth-order valence-electron chi connectivity index (χ4n) is 2.07. The maximum Gasteiger partial charge on any atom is 0.153 e. The van der Waals surface area contributed by atoms with Crippen molar-refractivity contribution in [3.05, 3.63) is 45.2 Å². The normalized spacial score (nSPS) is 10.5. The van der Waals surface area contributed by atoms with Gasteiger partial charge in [-0.15, -0.1) is 0 Å². The van der Waals surface area contributed by atoms with Crippen LogP contribution in [0.4, 0.5) is 0 Å². The van der Waals surface area contributed by atoms with Crippen LogP contribution in [0.3, 0.4) is 0 Å². The molecule has 0 atom stereocenters. The van der Waals surface area contributed by atoms with Gasteiger partial charge in [-0.3, -0.25) is 9.48 Å². The fourth-order valence-corrected chi connectivity index (χ4v) is 2.48. The second-order valence-corrected chi connectivity index (χ2v) is 5.23. The summed E-state index contributed by atoms with van der Waals surface area (Å²) in [5.74, 6) is 0.809. The SMILES string of the molecule is COc1ccc(Br)cc1Cn1nc(C)c(C=O)c1C. The number of aryl methyl sites for hydroxylation is 1. The molecule has 0 aliphatic rings. The Balaban J connectivity index is 2.41. The number of nitrogens with zero attached hydrogens (tertiary/aromatic N) is 2. The van der Waals surface area contributed by atoms with Gasteiger partial charge in [0.2, 0.25) is 0 Å². The predicted molar refractivity (Wildman–Crippen MR) is 76.9 cm³/mol. The van der Waals surface area contributed by atoms with Crippen molar-refractivity contribution in [3.8, 4) is 5.75 Å². The first-order valence-corrected chi connectivity index (χ1v) is 6.67. The van der Waals surface area contributed by atoms with Crippen molar-refractivity contribution in [2.75, 3.05) is 7.11 Å². The highest BCUT2D eigenvalue weighted by Gasteiger charge is 2.12. The average Bonchev–Trinajstić information content (AvgIpc) is 2.64. The summed E-state index contributed by atoms with van der Waals surface area (Å²) in [5.41, 5.74) is 3.30. The topological polar surface area (TPSA) is 44.1 Å². The van der Waals surface area contributed by atoms with Crippen molar-refractivity contribution < 1.29 is 9.53 Å². The van der Waals surface area contributed by atoms with E-state index in [1.54, 1.807) is 7.11 Å². The summed E-state index contributed by atoms with van der Waals surface area (Å²) in [6.45, 7) is 4.31. The molecule has 0 bridgehead atoms. The lowest BCUT2D eigenvalue weighted by Crippen LogP contribution is -2.06. The van der Waals surface area contributed by atoms with Crippen LogP contribution in [0.1, 0.15) is 27.3 Å². The van der Waals surface area contributed by atoms with Crippen molar-refractivity contribution in [2.24, 2.45) is 0 Å². The van der Waals surface area contributed by atoms with Gasteiger partial charge in [0.15, 0.2) is 6.29 Å². The minimum Gasteiger partial charge on any atom is -0.496 e. The zero-order chi connectivity index (χ0) is 14.0. The molecule has 0 fully saturated rings. The molecule has 19 heavy (non-hydrogen) atoms. The fraction of sp³-hybridized carbons (Fsp3) is 0.286. The molecule has 1 heterocycles. The molecule has 0 radical (unpaired) electrons. The summed E-state index contributed by atoms with van der Waals surface area (Å²) >= 11 is 3.45. The maximum atomic E-state index is 11.0. The Morgan fingerprint density at radius 1 is 1.42 bits per heavy atom. The number of hydrogen-bond acceptors (Lipinski definition) is 3. The molecule has 4 nitrogen and oxygen atoms in total. The monoisotopic (exact) mass is 322 g/mol. The van der Waals surface area contributed by atoms with E-state index in [-0.39, 0.29) is 0 Å². The molecular formula is C14H15BrN2O2. The Hall–Kier alpha value is -1.62. The number of rotatable bonds is 4. The van der Waals surface area contributed by atoms with Crippen LogP contribution in [-0.2, 0) is 6.54 Å². The molecule has 2 aromatic rings. The summed E-state index contributed by atoms with van der Waals surface area (Å²) in [6, 6.07) is 5.84. The number of ether oxygens (including phenoxy) is 1. The molecule has 0 spiro atoms. The molecule has 0 N–H and O–H groups in total. The highest BCUT2D eigenvalue weighted by atomic mass is 79.9. The summed E-state index contributed by atoms with van der Waals surface area (Å²) in [7, 11) is 1.64. The van der Waals surface area contributed by atoms with Crippen LogP contribution in [-0.4, -0.2) is 23.2 Å². The van der Waals surface area contributed by atoms with Crippen molar-refractivity contribution in [1.82, 2.24) is 9.78 Å². The third-order valence-electron chi connectivity index (χ3n) is 3.12. The molecule has 0 amide bonds. The van der Waals surface area contributed by atoms with Crippen molar-refractivity contribution in [2.45, 2.75) is 20.4 Å². The van der Waals surface area contributed by atoms with Gasteiger partial charge in [0.25, 0.3) is 0 Å². The lowest BCUT2D eigenvalue weighted by Gasteiger charge is -2.10. The molecule has 2 rings (SSSR count). The zero-order valence-electron chi connectivity index (χ0n) is 11.1. The van der Waals surface area contributed by atoms with E-state index in [9.17, 15) is 4.79 Å². The molecule has 100 valence electrons. The molecular weight excluding hydrogens is 308 g/mol. The van der Waals surface area contributed by atoms with Crippen molar-refractivity contribution in [3.63, 3.8) is 0 Å². The predicted octanol–water partition coefficient (Wildman–Crippen LogP) is 3.13. The lowest BCUT2D eigenvalue weighted by atomic mass is 10.2. The molecule has 5 heteroatoms. The number of aromatic nitrogens is 2. The smallest absolute Gasteiger partial charge is 0.153 e. The Bertz CT molecular complexity index is 620. The van der Waals surface area contributed by atoms with Gasteiger partial charge >= 0.3 is 0 Å². The van der Waals surface area contributed by atoms with E-state index in [4.69, 9.17) is 4.74 Å². The first-order valence-electron chi connectivity index (χ1n) is 5.88. The van der Waals surface area contributed by atoms with Crippen LogP contribution in [0.5, 0.6) is 5.75 Å². The third-order valence-corrected chi connectivity index (χ3v) is 3.61. The van der Waals surface area contributed by atoms with Gasteiger partial charge in [-0.05, 0) is 32.0 Å². The molecule has 0 saturated heterocycles. The summed E-state index contributed by atoms with van der Waals surface area (Å²) in [5, 5.41) is 4.40. The van der Waals surface area contributed by atoms with Crippen LogP contribution in [0.2, 0.25) is 0 Å². The van der Waals surface area contributed by atoms with E-state index in [0.29, 0.717) is 12.1 Å². The maximum absolute atomic E-state index is 11.0. The highest BCUT2D eigenvalue weighted by Crippen LogP contribution is 2.24. The van der Waals surface area contributed by atoms with Crippen LogP contribution in [0, 0.1) is 13.8 Å². The van der Waals surface area contributed by atoms with Gasteiger partial charge in [-0.1, -0.05) is 15.9 Å². The highest BCUT2D eigenvalue weighted by molar-refractivity contribution is 9.10. The van der Waals surface area contributed by atoms with Gasteiger partial charge in [-0.2, -0.15) is 5.10 Å². The Kier molecular flexibility index (Phi) is 4.04. The van der Waals surface area contributed by atoms with Crippen molar-refractivity contribution >= 4 is 22.2 Å². The first-order chi connectivity index (χ1) is 9.06. The number of hydrogen-bond donors (Lipinski definition) is 0. The second kappa shape index (κ2) is 5.57. The lowest BCUT2D eigenvalue weighted by molar-refractivity contribution is 0.112. The molecule has 0 unspecified atom stereocenters. The van der Waals surface area contributed by atoms with E-state index in [2.05, 4.69) is 21.0 Å². The number of aldehydes is 1. The van der Waals surface area contributed by atoms with Crippen LogP contribution in [0.15, 0.2) is 22.7 Å². The quantitative estimate of drug-likeness (QED) is 0.812. The number of carbonyl (C=O) groups excluding carboxylic acids is 1. The minimum atomic E-state index is 0.573.